The Balaban J connectivity index is -0.0000000800. The van der Waals surface area contributed by atoms with Crippen molar-refractivity contribution < 1.29 is 47.1 Å². The topological polar surface area (TPSA) is 74.6 Å². The predicted octanol–water partition coefficient (Wildman–Crippen LogP) is -2.65. The summed E-state index contributed by atoms with van der Waals surface area (Å²) in [4.78, 5) is 0. The molecule has 0 amide bonds. The van der Waals surface area contributed by atoms with Crippen molar-refractivity contribution in [1.82, 2.24) is 0 Å². The van der Waals surface area contributed by atoms with Crippen LogP contribution in [0.15, 0.2) is 6.08 Å². The van der Waals surface area contributed by atoms with Gasteiger partial charge in [-0.3, -0.25) is 15.2 Å². The van der Waals surface area contributed by atoms with Gasteiger partial charge in [0.1, 0.15) is 0 Å². The first-order valence-corrected chi connectivity index (χ1v) is 3.01. The summed E-state index contributed by atoms with van der Waals surface area (Å²) in [6, 6.07) is 0. The van der Waals surface area contributed by atoms with Crippen molar-refractivity contribution in [2.24, 2.45) is 0 Å². The second-order valence-corrected chi connectivity index (χ2v) is 1.68. The summed E-state index contributed by atoms with van der Waals surface area (Å²) >= 11 is 0. The first-order valence-electron chi connectivity index (χ1n) is 1.61. The van der Waals surface area contributed by atoms with E-state index >= 15 is 0 Å². The maximum absolute atomic E-state index is 8.74. The molecule has 0 aliphatic carbocycles. The van der Waals surface area contributed by atoms with E-state index in [2.05, 4.69) is 0 Å². The molecule has 0 spiro atoms. The van der Waals surface area contributed by atoms with Crippen LogP contribution in [0.1, 0.15) is 6.92 Å². The third-order valence-electron chi connectivity index (χ3n) is 0. The van der Waals surface area contributed by atoms with Crippen LogP contribution in [0.5, 0.6) is 0 Å². The fourth-order valence-electron chi connectivity index (χ4n) is 0. The van der Waals surface area contributed by atoms with Gasteiger partial charge in [0.2, 0.25) is 0 Å². The Kier molecular flexibility index (Phi) is 15.6. The minimum atomic E-state index is -4.67. The molecule has 2 N–H and O–H groups in total. The Hall–Kier alpha value is 0.610. The Bertz CT molecular complexity index is 130. The van der Waals surface area contributed by atoms with Crippen molar-refractivity contribution in [3.8, 4) is 0 Å². The fourth-order valence-corrected chi connectivity index (χ4v) is 0. The van der Waals surface area contributed by atoms with E-state index in [4.69, 9.17) is 24.1 Å². The number of hydrogen-bond donors (Lipinski definition) is 2. The molecule has 0 atom stereocenters. The van der Waals surface area contributed by atoms with Crippen LogP contribution >= 0.6 is 0 Å². The van der Waals surface area contributed by atoms with Crippen LogP contribution in [0.3, 0.4) is 0 Å². The van der Waals surface area contributed by atoms with Gasteiger partial charge in [0, 0.05) is 0 Å². The summed E-state index contributed by atoms with van der Waals surface area (Å²) in [7, 11) is -4.67. The van der Waals surface area contributed by atoms with E-state index in [1.165, 1.54) is 6.08 Å². The second kappa shape index (κ2) is 8.61. The van der Waals surface area contributed by atoms with E-state index < -0.39 is 10.4 Å². The number of rotatable bonds is 0. The molecule has 0 heterocycles. The molecular formula is C3H7NaO4S. The van der Waals surface area contributed by atoms with Crippen molar-refractivity contribution in [3.05, 3.63) is 12.7 Å². The zero-order chi connectivity index (χ0) is 7.21. The van der Waals surface area contributed by atoms with E-state index in [9.17, 15) is 0 Å². The van der Waals surface area contributed by atoms with Crippen LogP contribution in [-0.4, -0.2) is 17.5 Å². The standard InChI is InChI=1S/C3H5.Na.H2O4S/c1-3-2;;1-5(2,3)4/h1,3H,2H3;;(H2,1,2,3,4)/q-1;+1;. The number of allylic oxidation sites excluding steroid dienone is 1. The molecule has 0 bridgehead atoms. The smallest absolute Gasteiger partial charge is 0.518 e. The minimum Gasteiger partial charge on any atom is -0.518 e. The molecule has 0 radical (unpaired) electrons. The molecule has 0 saturated carbocycles. The molecule has 0 aliphatic rings. The monoisotopic (exact) mass is 162 g/mol. The zero-order valence-corrected chi connectivity index (χ0v) is 8.09. The summed E-state index contributed by atoms with van der Waals surface area (Å²) in [6.07, 6.45) is 1.50. The molecule has 0 aliphatic heterocycles. The van der Waals surface area contributed by atoms with Gasteiger partial charge < -0.3 is 6.58 Å². The Morgan fingerprint density at radius 1 is 1.44 bits per heavy atom. The molecule has 6 heteroatoms. The maximum atomic E-state index is 8.74. The van der Waals surface area contributed by atoms with Crippen LogP contribution in [0.2, 0.25) is 0 Å². The van der Waals surface area contributed by atoms with E-state index in [-0.39, 0.29) is 29.6 Å². The van der Waals surface area contributed by atoms with Crippen molar-refractivity contribution in [2.75, 3.05) is 0 Å². The van der Waals surface area contributed by atoms with Crippen molar-refractivity contribution in [2.45, 2.75) is 6.92 Å². The van der Waals surface area contributed by atoms with Gasteiger partial charge in [0.15, 0.2) is 0 Å². The molecular weight excluding hydrogens is 155 g/mol. The fraction of sp³-hybridized carbons (Fsp3) is 0.333. The van der Waals surface area contributed by atoms with Gasteiger partial charge in [-0.15, -0.1) is 0 Å². The summed E-state index contributed by atoms with van der Waals surface area (Å²) < 4.78 is 31.6. The minimum absolute atomic E-state index is 0. The summed E-state index contributed by atoms with van der Waals surface area (Å²) in [5.74, 6) is 0. The third kappa shape index (κ3) is 1010. The van der Waals surface area contributed by atoms with Gasteiger partial charge in [0.25, 0.3) is 0 Å². The maximum Gasteiger partial charge on any atom is 1.00 e. The molecule has 0 aromatic heterocycles. The van der Waals surface area contributed by atoms with Crippen LogP contribution < -0.4 is 29.6 Å². The van der Waals surface area contributed by atoms with Crippen LogP contribution in [0, 0.1) is 6.58 Å². The molecule has 50 valence electrons. The van der Waals surface area contributed by atoms with Gasteiger partial charge in [-0.1, -0.05) is 6.92 Å². The van der Waals surface area contributed by atoms with Crippen LogP contribution in [0.4, 0.5) is 0 Å². The quantitative estimate of drug-likeness (QED) is 0.232. The molecule has 0 fully saturated rings. The third-order valence-corrected chi connectivity index (χ3v) is 0. The van der Waals surface area contributed by atoms with Gasteiger partial charge in [-0.05, 0) is 0 Å². The van der Waals surface area contributed by atoms with E-state index in [1.54, 1.807) is 6.92 Å². The normalized spacial score (nSPS) is 7.89. The summed E-state index contributed by atoms with van der Waals surface area (Å²) in [5.41, 5.74) is 0. The number of hydrogen-bond acceptors (Lipinski definition) is 2. The molecule has 0 aromatic rings. The predicted molar refractivity (Wildman–Crippen MR) is 28.7 cm³/mol. The first kappa shape index (κ1) is 16.3. The van der Waals surface area contributed by atoms with E-state index in [1.807, 2.05) is 0 Å². The molecule has 0 unspecified atom stereocenters. The van der Waals surface area contributed by atoms with Crippen molar-refractivity contribution in [3.63, 3.8) is 0 Å². The molecule has 4 nitrogen and oxygen atoms in total. The largest absolute Gasteiger partial charge is 1.00 e. The summed E-state index contributed by atoms with van der Waals surface area (Å²) in [6.45, 7) is 6.50. The zero-order valence-electron chi connectivity index (χ0n) is 5.27. The molecule has 0 saturated heterocycles. The van der Waals surface area contributed by atoms with Gasteiger partial charge >= 0.3 is 40.0 Å². The Morgan fingerprint density at radius 3 is 1.44 bits per heavy atom. The van der Waals surface area contributed by atoms with Crippen LogP contribution in [0.25, 0.3) is 0 Å². The second-order valence-electron chi connectivity index (χ2n) is 0.781. The SMILES string of the molecule is O=S(=O)(O)O.[CH-]=CC.[Na+]. The van der Waals surface area contributed by atoms with Crippen molar-refractivity contribution in [1.29, 1.82) is 0 Å². The molecule has 0 rings (SSSR count). The summed E-state index contributed by atoms with van der Waals surface area (Å²) in [5, 5.41) is 0. The van der Waals surface area contributed by atoms with E-state index in [0.717, 1.165) is 0 Å². The Labute approximate surface area is 76.8 Å². The Morgan fingerprint density at radius 2 is 1.44 bits per heavy atom. The van der Waals surface area contributed by atoms with Crippen LogP contribution in [-0.2, 0) is 10.4 Å². The van der Waals surface area contributed by atoms with Crippen molar-refractivity contribution >= 4 is 10.4 Å². The van der Waals surface area contributed by atoms with E-state index in [0.29, 0.717) is 0 Å². The first-order chi connectivity index (χ1) is 3.41. The molecule has 0 aromatic carbocycles. The molecule has 9 heavy (non-hydrogen) atoms. The average Bonchev–Trinajstić information content (AvgIpc) is 1.27. The van der Waals surface area contributed by atoms with Gasteiger partial charge in [0.05, 0.1) is 0 Å². The van der Waals surface area contributed by atoms with Gasteiger partial charge in [-0.2, -0.15) is 8.42 Å². The average molecular weight is 162 g/mol. The van der Waals surface area contributed by atoms with Gasteiger partial charge in [-0.25, -0.2) is 0 Å².